The van der Waals surface area contributed by atoms with Gasteiger partial charge in [-0.15, -0.1) is 19.7 Å². The Labute approximate surface area is 211 Å². The van der Waals surface area contributed by atoms with Crippen molar-refractivity contribution in [1.82, 2.24) is 0 Å². The first-order chi connectivity index (χ1) is 15.2. The van der Waals surface area contributed by atoms with E-state index < -0.39 is 0 Å². The van der Waals surface area contributed by atoms with Crippen LogP contribution in [0.1, 0.15) is 173 Å². The molecule has 0 aromatic heterocycles. The molecule has 31 heavy (non-hydrogen) atoms. The second-order valence-electron chi connectivity index (χ2n) is 1.22. The predicted molar refractivity (Wildman–Crippen MR) is 172 cm³/mol. The maximum absolute atomic E-state index is 3.36. The van der Waals surface area contributed by atoms with E-state index in [0.717, 1.165) is 0 Å². The molecule has 208 valence electrons. The van der Waals surface area contributed by atoms with Gasteiger partial charge in [0.15, 0.2) is 0 Å². The van der Waals surface area contributed by atoms with Crippen LogP contribution in [0.5, 0.6) is 0 Å². The summed E-state index contributed by atoms with van der Waals surface area (Å²) < 4.78 is 0. The maximum atomic E-state index is 3.36. The van der Waals surface area contributed by atoms with Crippen LogP contribution in [0.4, 0.5) is 0 Å². The van der Waals surface area contributed by atoms with Crippen molar-refractivity contribution in [2.24, 2.45) is 0 Å². The van der Waals surface area contributed by atoms with Crippen molar-refractivity contribution in [3.05, 3.63) is 38.0 Å². The second-order valence-corrected chi connectivity index (χ2v) is 1.22. The summed E-state index contributed by atoms with van der Waals surface area (Å²) in [7, 11) is 0. The van der Waals surface area contributed by atoms with Gasteiger partial charge >= 0.3 is 0 Å². The standard InChI is InChI=1S/3C3H6.11C2H6/c3*1-3-2;11*1-2/h3*3H,1H2,2H3;11*1-2H3. The molecule has 0 rings (SSSR count). The lowest BCUT2D eigenvalue weighted by Gasteiger charge is -1.31. The molecule has 0 aliphatic heterocycles. The topological polar surface area (TPSA) is 0 Å². The van der Waals surface area contributed by atoms with Gasteiger partial charge in [0, 0.05) is 0 Å². The summed E-state index contributed by atoms with van der Waals surface area (Å²) in [4.78, 5) is 0. The zero-order valence-electron chi connectivity index (χ0n) is 28.9. The summed E-state index contributed by atoms with van der Waals surface area (Å²) in [5.74, 6) is 0. The lowest BCUT2D eigenvalue weighted by atomic mass is 10.8. The predicted octanol–water partition coefficient (Wildman–Crippen LogP) is 14.9. The highest BCUT2D eigenvalue weighted by atomic mass is 13.2. The Bertz CT molecular complexity index is 36.8. The van der Waals surface area contributed by atoms with E-state index in [4.69, 9.17) is 0 Å². The van der Waals surface area contributed by atoms with Crippen molar-refractivity contribution < 1.29 is 0 Å². The highest BCUT2D eigenvalue weighted by Crippen LogP contribution is 1.38. The van der Waals surface area contributed by atoms with Crippen LogP contribution in [0.15, 0.2) is 38.0 Å². The van der Waals surface area contributed by atoms with Crippen LogP contribution in [0.3, 0.4) is 0 Å². The molecule has 0 aromatic rings. The molecule has 0 saturated heterocycles. The summed E-state index contributed by atoms with van der Waals surface area (Å²) in [6.07, 6.45) is 5.25. The molecular formula is C31H84. The first-order valence-corrected chi connectivity index (χ1v) is 14.0. The fraction of sp³-hybridized carbons (Fsp3) is 0.806. The highest BCUT2D eigenvalue weighted by Gasteiger charge is 1.15. The first-order valence-electron chi connectivity index (χ1n) is 14.0. The summed E-state index contributed by atoms with van der Waals surface area (Å²) in [6, 6.07) is 0. The fourth-order valence-electron chi connectivity index (χ4n) is 0. The van der Waals surface area contributed by atoms with Crippen molar-refractivity contribution in [2.45, 2.75) is 173 Å². The SMILES string of the molecule is C=CC.C=CC.C=CC.CC.CC.CC.CC.CC.CC.CC.CC.CC.CC.CC. The molecular weight excluding hydrogens is 372 g/mol. The molecule has 0 aliphatic rings. The molecule has 0 aromatic carbocycles. The van der Waals surface area contributed by atoms with Crippen molar-refractivity contribution >= 4 is 0 Å². The van der Waals surface area contributed by atoms with Gasteiger partial charge in [-0.05, 0) is 20.8 Å². The van der Waals surface area contributed by atoms with Crippen LogP contribution in [-0.4, -0.2) is 0 Å². The van der Waals surface area contributed by atoms with Gasteiger partial charge in [-0.2, -0.15) is 0 Å². The van der Waals surface area contributed by atoms with Crippen molar-refractivity contribution in [3.63, 3.8) is 0 Å². The van der Waals surface area contributed by atoms with Crippen LogP contribution in [0, 0.1) is 0 Å². The Balaban J connectivity index is -0.00000000841. The van der Waals surface area contributed by atoms with Crippen LogP contribution < -0.4 is 0 Å². The average molecular weight is 457 g/mol. The van der Waals surface area contributed by atoms with Gasteiger partial charge in [-0.25, -0.2) is 0 Å². The molecule has 0 radical (unpaired) electrons. The first kappa shape index (κ1) is 98.1. The maximum Gasteiger partial charge on any atom is -0.0473 e. The van der Waals surface area contributed by atoms with Crippen LogP contribution in [0.25, 0.3) is 0 Å². The van der Waals surface area contributed by atoms with Gasteiger partial charge in [-0.1, -0.05) is 171 Å². The highest BCUT2D eigenvalue weighted by molar-refractivity contribution is 4.52. The monoisotopic (exact) mass is 457 g/mol. The van der Waals surface area contributed by atoms with Crippen molar-refractivity contribution in [2.75, 3.05) is 0 Å². The summed E-state index contributed by atoms with van der Waals surface area (Å²) in [5, 5.41) is 0. The Hall–Kier alpha value is -0.780. The van der Waals surface area contributed by atoms with Gasteiger partial charge < -0.3 is 0 Å². The summed E-state index contributed by atoms with van der Waals surface area (Å²) in [5.41, 5.74) is 0. The van der Waals surface area contributed by atoms with E-state index >= 15 is 0 Å². The molecule has 0 fully saturated rings. The van der Waals surface area contributed by atoms with Crippen molar-refractivity contribution in [3.8, 4) is 0 Å². The summed E-state index contributed by atoms with van der Waals surface area (Å²) in [6.45, 7) is 59.8. The molecule has 0 heteroatoms. The Kier molecular flexibility index (Phi) is 14900. The third-order valence-corrected chi connectivity index (χ3v) is 0. The van der Waals surface area contributed by atoms with E-state index in [1.165, 1.54) is 0 Å². The van der Waals surface area contributed by atoms with E-state index in [-0.39, 0.29) is 0 Å². The van der Waals surface area contributed by atoms with Gasteiger partial charge in [0.1, 0.15) is 0 Å². The Morgan fingerprint density at radius 3 is 0.226 bits per heavy atom. The van der Waals surface area contributed by atoms with Gasteiger partial charge in [0.2, 0.25) is 0 Å². The Morgan fingerprint density at radius 1 is 0.226 bits per heavy atom. The zero-order valence-corrected chi connectivity index (χ0v) is 28.9. The molecule has 0 spiro atoms. The lowest BCUT2D eigenvalue weighted by Crippen LogP contribution is -1.07. The van der Waals surface area contributed by atoms with Crippen LogP contribution in [-0.2, 0) is 0 Å². The number of hydrogen-bond donors (Lipinski definition) is 0. The van der Waals surface area contributed by atoms with Gasteiger partial charge in [0.25, 0.3) is 0 Å². The molecule has 0 N–H and O–H groups in total. The second kappa shape index (κ2) is 4720. The smallest absolute Gasteiger partial charge is 0.0473 e. The largest absolute Gasteiger partial charge is 0.103 e. The third-order valence-electron chi connectivity index (χ3n) is 0. The van der Waals surface area contributed by atoms with Gasteiger partial charge in [0.05, 0.1) is 0 Å². The molecule has 0 amide bonds. The molecule has 0 bridgehead atoms. The number of rotatable bonds is 0. The lowest BCUT2D eigenvalue weighted by molar-refractivity contribution is 1.50. The zero-order chi connectivity index (χ0) is 30.1. The van der Waals surface area contributed by atoms with E-state index in [9.17, 15) is 0 Å². The average Bonchev–Trinajstić information content (AvgIpc) is 2.93. The van der Waals surface area contributed by atoms with E-state index in [0.29, 0.717) is 0 Å². The number of allylic oxidation sites excluding steroid dienone is 3. The minimum absolute atomic E-state index is 1.75. The quantitative estimate of drug-likeness (QED) is 0.318. The van der Waals surface area contributed by atoms with E-state index in [1.54, 1.807) is 18.2 Å². The van der Waals surface area contributed by atoms with Gasteiger partial charge in [-0.3, -0.25) is 0 Å². The molecule has 0 heterocycles. The molecule has 0 saturated carbocycles. The minimum Gasteiger partial charge on any atom is -0.103 e. The molecule has 0 unspecified atom stereocenters. The molecule has 0 aliphatic carbocycles. The third kappa shape index (κ3) is 35600. The van der Waals surface area contributed by atoms with Crippen LogP contribution >= 0.6 is 0 Å². The fourth-order valence-corrected chi connectivity index (χ4v) is 0. The van der Waals surface area contributed by atoms with Crippen molar-refractivity contribution in [1.29, 1.82) is 0 Å². The summed E-state index contributed by atoms with van der Waals surface area (Å²) >= 11 is 0. The van der Waals surface area contributed by atoms with E-state index in [1.807, 2.05) is 173 Å². The Morgan fingerprint density at radius 2 is 0.226 bits per heavy atom. The van der Waals surface area contributed by atoms with E-state index in [2.05, 4.69) is 19.7 Å². The van der Waals surface area contributed by atoms with Crippen LogP contribution in [0.2, 0.25) is 0 Å². The molecule has 0 nitrogen and oxygen atoms in total. The normalized spacial score (nSPS) is 3.39. The minimum atomic E-state index is 1.75. The molecule has 0 atom stereocenters. The number of hydrogen-bond acceptors (Lipinski definition) is 0.